The lowest BCUT2D eigenvalue weighted by Gasteiger charge is -2.36. The van der Waals surface area contributed by atoms with E-state index in [0.717, 1.165) is 139 Å². The van der Waals surface area contributed by atoms with E-state index in [1.54, 1.807) is 28.3 Å². The Morgan fingerprint density at radius 1 is 0.524 bits per heavy atom. The van der Waals surface area contributed by atoms with E-state index in [1.807, 2.05) is 156 Å². The standard InChI is InChI=1S/C21H28N2O2S.C18H28N2O4S.C17H26N2O2.C13H20N2O2S.C8H9Br.C2H5NO/c1-26(24,25)23(21-12-6-3-7-13-21)18-20-11-8-15-22(17-20)16-14-19-9-4-2-5-10-19;1-18(2,3)24-17(21)19-12-8-9-15(13-19)14-20(25(4,22)23)16-10-6-5-7-11-16;1-17(2,3)21-16(20)19-11-7-8-14(13-19)12-18-15-9-5-4-6-10-15;1-18(16,17)15(13-7-3-2-4-8-13)11-12-6-5-9-14-10-12;9-7-6-8-4-2-1-3-5-8;1-2-3-4/h2-7,9-10,12-13,20H,8,11,14-18H2,1H3;5-7,10-11,15H,8-9,12-14H2,1-4H3;4-6,9-10,14,18H,7-8,11-13H2,1-3H3;2-4,7-8,12,14H,5-6,9-11H2,1H3;1-5H,6-7H2;2,4H,1H3/b;;;;;3-2+/t20-;15-;14-;12-;;/m0010../s1. The van der Waals surface area contributed by atoms with Crippen molar-refractivity contribution in [1.82, 2.24) is 20.0 Å². The zero-order chi connectivity index (χ0) is 75.3. The van der Waals surface area contributed by atoms with Gasteiger partial charge in [0, 0.05) is 82.7 Å². The van der Waals surface area contributed by atoms with E-state index in [0.29, 0.717) is 56.2 Å². The number of para-hydroxylation sites is 4. The Morgan fingerprint density at radius 3 is 1.25 bits per heavy atom. The van der Waals surface area contributed by atoms with Crippen LogP contribution in [0.3, 0.4) is 0 Å². The van der Waals surface area contributed by atoms with Gasteiger partial charge in [-0.1, -0.05) is 149 Å². The minimum absolute atomic E-state index is 0.0798. The van der Waals surface area contributed by atoms with Gasteiger partial charge in [-0.15, -0.1) is 5.16 Å². The molecule has 0 unspecified atom stereocenters. The number of alkyl halides is 1. The maximum atomic E-state index is 12.3. The van der Waals surface area contributed by atoms with Crippen molar-refractivity contribution in [2.75, 3.05) is 127 Å². The number of hydrogen-bond acceptors (Lipinski definition) is 15. The third kappa shape index (κ3) is 35.0. The number of halogens is 1. The Bertz CT molecular complexity index is 3710. The van der Waals surface area contributed by atoms with Crippen LogP contribution in [-0.2, 0) is 52.4 Å². The van der Waals surface area contributed by atoms with Crippen LogP contribution in [-0.4, -0.2) is 184 Å². The number of likely N-dealkylation sites (tertiary alicyclic amines) is 3. The van der Waals surface area contributed by atoms with E-state index in [2.05, 4.69) is 97.3 Å². The van der Waals surface area contributed by atoms with Crippen LogP contribution in [0, 0.1) is 23.7 Å². The van der Waals surface area contributed by atoms with Crippen molar-refractivity contribution in [2.45, 2.75) is 124 Å². The molecule has 4 atom stereocenters. The van der Waals surface area contributed by atoms with Gasteiger partial charge in [-0.3, -0.25) is 12.9 Å². The molecule has 0 saturated carbocycles. The van der Waals surface area contributed by atoms with E-state index >= 15 is 0 Å². The smallest absolute Gasteiger partial charge is 0.410 e. The summed E-state index contributed by atoms with van der Waals surface area (Å²) < 4.78 is 88.3. The van der Waals surface area contributed by atoms with Gasteiger partial charge in [0.2, 0.25) is 30.1 Å². The molecule has 0 bridgehead atoms. The largest absolute Gasteiger partial charge is 0.444 e. The van der Waals surface area contributed by atoms with Gasteiger partial charge in [0.15, 0.2) is 0 Å². The third-order valence-electron chi connectivity index (χ3n) is 17.2. The average molecular weight is 1540 g/mol. The van der Waals surface area contributed by atoms with Crippen LogP contribution in [0.2, 0.25) is 0 Å². The van der Waals surface area contributed by atoms with Gasteiger partial charge < -0.3 is 40.0 Å². The van der Waals surface area contributed by atoms with Crippen LogP contribution in [0.25, 0.3) is 0 Å². The Morgan fingerprint density at radius 2 is 0.874 bits per heavy atom. The lowest BCUT2D eigenvalue weighted by Crippen LogP contribution is -2.46. The van der Waals surface area contributed by atoms with Crippen LogP contribution in [0.1, 0.15) is 111 Å². The topological polar surface area (TPSA) is 231 Å². The Balaban J connectivity index is 0.000000234. The number of carbonyl (C=O) groups excluding carboxylic acids is 2. The zero-order valence-electron chi connectivity index (χ0n) is 62.4. The number of hydrogen-bond donors (Lipinski definition) is 3. The molecule has 0 spiro atoms. The molecule has 6 aromatic carbocycles. The van der Waals surface area contributed by atoms with Crippen molar-refractivity contribution in [3.05, 3.63) is 193 Å². The summed E-state index contributed by atoms with van der Waals surface area (Å²) in [6.45, 7) is 23.0. The maximum Gasteiger partial charge on any atom is 0.410 e. The normalized spacial score (nSPS) is 17.9. The second-order valence-electron chi connectivity index (χ2n) is 28.6. The van der Waals surface area contributed by atoms with Gasteiger partial charge in [-0.05, 0) is 216 Å². The van der Waals surface area contributed by atoms with Gasteiger partial charge in [0.1, 0.15) is 11.2 Å². The van der Waals surface area contributed by atoms with Crippen LogP contribution in [0.4, 0.5) is 32.3 Å². The van der Waals surface area contributed by atoms with Crippen molar-refractivity contribution in [3.8, 4) is 0 Å². The SMILES string of the molecule is BrCCc1ccccc1.C/C=N/O.CC(C)(C)OC(=O)N1CCC[C@H](CN(c2ccccc2)S(C)(=O)=O)C1.CC(C)(C)OC(=O)N1CCC[C@H](CNc2ccccc2)C1.CS(=O)(=O)N(C[C@H]1CCCN(CCc2ccccc2)C1)c1ccccc1.CS(=O)(=O)N(C[C@H]1CCCNC1)c1ccccc1. The Labute approximate surface area is 625 Å². The number of benzene rings is 6. The first-order chi connectivity index (χ1) is 48.9. The fraction of sp³-hybridized carbons (Fsp3) is 0.506. The van der Waals surface area contributed by atoms with Crippen LogP contribution in [0.15, 0.2) is 187 Å². The van der Waals surface area contributed by atoms with Crippen LogP contribution < -0.4 is 23.5 Å². The van der Waals surface area contributed by atoms with Crippen molar-refractivity contribution in [2.24, 2.45) is 28.8 Å². The summed E-state index contributed by atoms with van der Waals surface area (Å²) >= 11 is 3.39. The van der Waals surface area contributed by atoms with Crippen molar-refractivity contribution in [1.29, 1.82) is 0 Å². The van der Waals surface area contributed by atoms with E-state index < -0.39 is 41.3 Å². The Hall–Kier alpha value is -7.22. The predicted molar refractivity (Wildman–Crippen MR) is 427 cm³/mol. The number of amides is 2. The quantitative estimate of drug-likeness (QED) is 0.0279. The van der Waals surface area contributed by atoms with Crippen LogP contribution in [0.5, 0.6) is 0 Å². The molecule has 0 aromatic heterocycles. The first-order valence-corrected chi connectivity index (χ1v) is 42.6. The molecule has 24 heteroatoms. The minimum Gasteiger partial charge on any atom is -0.444 e. The molecule has 10 rings (SSSR count). The lowest BCUT2D eigenvalue weighted by molar-refractivity contribution is 0.0162. The van der Waals surface area contributed by atoms with E-state index in [1.165, 1.54) is 44.7 Å². The first-order valence-electron chi connectivity index (χ1n) is 36.0. The molecular formula is C79H116BrN9O11S3. The number of sulfonamides is 3. The highest BCUT2D eigenvalue weighted by molar-refractivity contribution is 9.09. The van der Waals surface area contributed by atoms with Crippen molar-refractivity contribution in [3.63, 3.8) is 0 Å². The zero-order valence-corrected chi connectivity index (χ0v) is 66.5. The van der Waals surface area contributed by atoms with E-state index in [9.17, 15) is 34.8 Å². The number of rotatable bonds is 20. The third-order valence-corrected chi connectivity index (χ3v) is 21.1. The molecule has 6 aromatic rings. The summed E-state index contributed by atoms with van der Waals surface area (Å²) in [6.07, 6.45) is 15.1. The molecule has 0 radical (unpaired) electrons. The molecule has 4 saturated heterocycles. The molecule has 3 N–H and O–H groups in total. The number of nitrogens with one attached hydrogen (secondary N) is 2. The molecule has 4 fully saturated rings. The highest BCUT2D eigenvalue weighted by Gasteiger charge is 2.32. The van der Waals surface area contributed by atoms with Crippen molar-refractivity contribution < 1.29 is 49.5 Å². The summed E-state index contributed by atoms with van der Waals surface area (Å²) in [5.74, 6) is 1.32. The van der Waals surface area contributed by atoms with Gasteiger partial charge >= 0.3 is 12.2 Å². The summed E-state index contributed by atoms with van der Waals surface area (Å²) in [6, 6.07) is 59.0. The summed E-state index contributed by atoms with van der Waals surface area (Å²) in [5, 5.41) is 17.9. The number of anilines is 4. The molecule has 103 heavy (non-hydrogen) atoms. The second-order valence-corrected chi connectivity index (χ2v) is 35.1. The fourth-order valence-electron chi connectivity index (χ4n) is 12.3. The highest BCUT2D eigenvalue weighted by atomic mass is 79.9. The maximum absolute atomic E-state index is 12.3. The summed E-state index contributed by atoms with van der Waals surface area (Å²) in [5.41, 5.74) is 5.10. The van der Waals surface area contributed by atoms with Crippen LogP contribution >= 0.6 is 15.9 Å². The summed E-state index contributed by atoms with van der Waals surface area (Å²) in [4.78, 5) is 30.4. The monoisotopic (exact) mass is 1540 g/mol. The van der Waals surface area contributed by atoms with Gasteiger partial charge in [-0.25, -0.2) is 34.8 Å². The number of aryl methyl sites for hydroxylation is 1. The van der Waals surface area contributed by atoms with Gasteiger partial charge in [-0.2, -0.15) is 0 Å². The molecule has 4 aliphatic heterocycles. The van der Waals surface area contributed by atoms with E-state index in [4.69, 9.17) is 14.7 Å². The highest BCUT2D eigenvalue weighted by Crippen LogP contribution is 2.28. The molecular weight excluding hydrogens is 1430 g/mol. The van der Waals surface area contributed by atoms with E-state index in [-0.39, 0.29) is 18.1 Å². The molecule has 0 aliphatic carbocycles. The number of piperidine rings is 4. The Kier molecular flexibility index (Phi) is 37.4. The molecule has 20 nitrogen and oxygen atoms in total. The average Bonchev–Trinajstić information content (AvgIpc) is 0.846. The lowest BCUT2D eigenvalue weighted by atomic mass is 9.97. The number of ether oxygens (including phenoxy) is 2. The first kappa shape index (κ1) is 86.4. The molecule has 568 valence electrons. The number of carbonyl (C=O) groups is 2. The van der Waals surface area contributed by atoms with Gasteiger partial charge in [0.25, 0.3) is 0 Å². The molecule has 4 heterocycles. The summed E-state index contributed by atoms with van der Waals surface area (Å²) in [7, 11) is -9.87. The fourth-order valence-corrected chi connectivity index (χ4v) is 15.7. The molecule has 4 aliphatic rings. The number of oxime groups is 1. The minimum atomic E-state index is -3.39. The second kappa shape index (κ2) is 44.6. The molecule has 2 amide bonds. The van der Waals surface area contributed by atoms with Gasteiger partial charge in [0.05, 0.1) is 35.8 Å². The predicted octanol–water partition coefficient (Wildman–Crippen LogP) is 14.8. The number of nitrogens with zero attached hydrogens (tertiary/aromatic N) is 7. The van der Waals surface area contributed by atoms with Crippen molar-refractivity contribution >= 4 is 87.2 Å².